The molecular weight excluding hydrogens is 160 g/mol. The highest BCUT2D eigenvalue weighted by Crippen LogP contribution is 2.36. The van der Waals surface area contributed by atoms with Gasteiger partial charge in [-0.05, 0) is 38.0 Å². The Bertz CT molecular complexity index is 149. The molecule has 2 atom stereocenters. The molecule has 1 nitrogen and oxygen atoms in total. The molecule has 0 aromatic heterocycles. The molecule has 0 aromatic rings. The first-order chi connectivity index (χ1) is 6.02. The van der Waals surface area contributed by atoms with Crippen LogP contribution in [0.2, 0.25) is 0 Å². The predicted octanol–water partition coefficient (Wildman–Crippen LogP) is 3.36. The van der Waals surface area contributed by atoms with Crippen LogP contribution in [0.15, 0.2) is 0 Å². The van der Waals surface area contributed by atoms with Gasteiger partial charge in [0.05, 0.1) is 5.60 Å². The van der Waals surface area contributed by atoms with E-state index in [-0.39, 0.29) is 5.60 Å². The van der Waals surface area contributed by atoms with Crippen molar-refractivity contribution in [3.05, 3.63) is 0 Å². The van der Waals surface area contributed by atoms with Crippen LogP contribution in [0.4, 0.5) is 0 Å². The van der Waals surface area contributed by atoms with Crippen LogP contribution in [0.5, 0.6) is 0 Å². The maximum Gasteiger partial charge on any atom is 0.0647 e. The van der Waals surface area contributed by atoms with Gasteiger partial charge in [-0.3, -0.25) is 0 Å². The normalized spacial score (nSPS) is 35.3. The number of hydrogen-bond donors (Lipinski definition) is 1. The molecule has 0 heterocycles. The van der Waals surface area contributed by atoms with Gasteiger partial charge in [-0.15, -0.1) is 0 Å². The van der Waals surface area contributed by atoms with E-state index in [2.05, 4.69) is 13.8 Å². The Morgan fingerprint density at radius 2 is 2.08 bits per heavy atom. The molecule has 0 radical (unpaired) electrons. The summed E-state index contributed by atoms with van der Waals surface area (Å²) < 4.78 is 0. The summed E-state index contributed by atoms with van der Waals surface area (Å²) in [6.45, 7) is 6.55. The molecule has 1 rings (SSSR count). The molecule has 1 fully saturated rings. The van der Waals surface area contributed by atoms with E-state index in [0.717, 1.165) is 12.3 Å². The Morgan fingerprint density at radius 1 is 1.38 bits per heavy atom. The topological polar surface area (TPSA) is 20.2 Å². The highest BCUT2D eigenvalue weighted by Gasteiger charge is 2.33. The molecule has 1 aliphatic rings. The summed E-state index contributed by atoms with van der Waals surface area (Å²) in [5, 5.41) is 10.1. The zero-order chi connectivity index (χ0) is 9.90. The summed E-state index contributed by atoms with van der Waals surface area (Å²) in [7, 11) is 0. The van der Waals surface area contributed by atoms with Crippen molar-refractivity contribution in [2.45, 2.75) is 64.9 Å². The maximum atomic E-state index is 10.1. The third-order valence-electron chi connectivity index (χ3n) is 3.46. The van der Waals surface area contributed by atoms with E-state index in [0.29, 0.717) is 5.92 Å². The summed E-state index contributed by atoms with van der Waals surface area (Å²) in [5.74, 6) is 1.33. The standard InChI is InChI=1S/C12H24O/c1-10(2)7-8-11-6-4-5-9-12(11,3)13/h10-11,13H,4-9H2,1-3H3/t11-,12+/m0/s1. The first-order valence-corrected chi connectivity index (χ1v) is 5.75. The third-order valence-corrected chi connectivity index (χ3v) is 3.46. The maximum absolute atomic E-state index is 10.1. The van der Waals surface area contributed by atoms with Gasteiger partial charge in [0, 0.05) is 0 Å². The SMILES string of the molecule is CC(C)CC[C@@H]1CCCC[C@@]1(C)O. The van der Waals surface area contributed by atoms with Crippen molar-refractivity contribution < 1.29 is 5.11 Å². The van der Waals surface area contributed by atoms with Crippen LogP contribution in [0, 0.1) is 11.8 Å². The molecule has 0 aliphatic heterocycles. The average Bonchev–Trinajstić information content (AvgIpc) is 2.01. The second kappa shape index (κ2) is 4.45. The first-order valence-electron chi connectivity index (χ1n) is 5.75. The van der Waals surface area contributed by atoms with Gasteiger partial charge in [0.2, 0.25) is 0 Å². The van der Waals surface area contributed by atoms with Crippen LogP contribution in [0.1, 0.15) is 59.3 Å². The number of aliphatic hydroxyl groups is 1. The van der Waals surface area contributed by atoms with Crippen LogP contribution in [-0.4, -0.2) is 10.7 Å². The summed E-state index contributed by atoms with van der Waals surface area (Å²) in [6, 6.07) is 0. The molecule has 0 unspecified atom stereocenters. The monoisotopic (exact) mass is 184 g/mol. The van der Waals surface area contributed by atoms with Crippen LogP contribution in [0.3, 0.4) is 0 Å². The zero-order valence-electron chi connectivity index (χ0n) is 9.34. The van der Waals surface area contributed by atoms with E-state index < -0.39 is 0 Å². The molecule has 78 valence electrons. The Hall–Kier alpha value is -0.0400. The van der Waals surface area contributed by atoms with Gasteiger partial charge in [0.1, 0.15) is 0 Å². The number of hydrogen-bond acceptors (Lipinski definition) is 1. The van der Waals surface area contributed by atoms with E-state index in [1.54, 1.807) is 0 Å². The first kappa shape index (κ1) is 11.0. The van der Waals surface area contributed by atoms with Gasteiger partial charge in [0.15, 0.2) is 0 Å². The second-order valence-corrected chi connectivity index (χ2v) is 5.27. The van der Waals surface area contributed by atoms with Gasteiger partial charge in [-0.25, -0.2) is 0 Å². The summed E-state index contributed by atoms with van der Waals surface area (Å²) in [5.41, 5.74) is -0.368. The van der Waals surface area contributed by atoms with E-state index in [4.69, 9.17) is 0 Å². The van der Waals surface area contributed by atoms with Crippen molar-refractivity contribution in [1.82, 2.24) is 0 Å². The lowest BCUT2D eigenvalue weighted by Crippen LogP contribution is -2.37. The van der Waals surface area contributed by atoms with Crippen molar-refractivity contribution in [3.63, 3.8) is 0 Å². The van der Waals surface area contributed by atoms with E-state index in [1.165, 1.54) is 32.1 Å². The Morgan fingerprint density at radius 3 is 2.62 bits per heavy atom. The van der Waals surface area contributed by atoms with Gasteiger partial charge in [0.25, 0.3) is 0 Å². The smallest absolute Gasteiger partial charge is 0.0647 e. The fraction of sp³-hybridized carbons (Fsp3) is 1.00. The van der Waals surface area contributed by atoms with Gasteiger partial charge in [-0.2, -0.15) is 0 Å². The lowest BCUT2D eigenvalue weighted by Gasteiger charge is -2.37. The minimum atomic E-state index is -0.368. The zero-order valence-corrected chi connectivity index (χ0v) is 9.34. The molecule has 1 N–H and O–H groups in total. The fourth-order valence-electron chi connectivity index (χ4n) is 2.38. The molecule has 1 aliphatic carbocycles. The molecule has 1 heteroatoms. The van der Waals surface area contributed by atoms with Crippen molar-refractivity contribution in [2.24, 2.45) is 11.8 Å². The van der Waals surface area contributed by atoms with Crippen molar-refractivity contribution in [2.75, 3.05) is 0 Å². The number of rotatable bonds is 3. The van der Waals surface area contributed by atoms with E-state index in [9.17, 15) is 5.11 Å². The van der Waals surface area contributed by atoms with Gasteiger partial charge >= 0.3 is 0 Å². The average molecular weight is 184 g/mol. The van der Waals surface area contributed by atoms with E-state index >= 15 is 0 Å². The predicted molar refractivity (Wildman–Crippen MR) is 56.7 cm³/mol. The molecule has 13 heavy (non-hydrogen) atoms. The molecule has 0 amide bonds. The molecule has 0 spiro atoms. The lowest BCUT2D eigenvalue weighted by atomic mass is 9.74. The Balaban J connectivity index is 2.37. The molecule has 0 saturated heterocycles. The molecular formula is C12H24O. The van der Waals surface area contributed by atoms with Crippen molar-refractivity contribution in [3.8, 4) is 0 Å². The highest BCUT2D eigenvalue weighted by atomic mass is 16.3. The van der Waals surface area contributed by atoms with Gasteiger partial charge in [-0.1, -0.05) is 33.1 Å². The van der Waals surface area contributed by atoms with Crippen LogP contribution in [0.25, 0.3) is 0 Å². The highest BCUT2D eigenvalue weighted by molar-refractivity contribution is 4.85. The minimum Gasteiger partial charge on any atom is -0.390 e. The molecule has 0 aromatic carbocycles. The quantitative estimate of drug-likeness (QED) is 0.713. The summed E-state index contributed by atoms with van der Waals surface area (Å²) >= 11 is 0. The van der Waals surface area contributed by atoms with Crippen molar-refractivity contribution in [1.29, 1.82) is 0 Å². The summed E-state index contributed by atoms with van der Waals surface area (Å²) in [6.07, 6.45) is 7.26. The second-order valence-electron chi connectivity index (χ2n) is 5.27. The largest absolute Gasteiger partial charge is 0.390 e. The minimum absolute atomic E-state index is 0.368. The Labute approximate surface area is 82.5 Å². The van der Waals surface area contributed by atoms with Crippen LogP contribution in [-0.2, 0) is 0 Å². The third kappa shape index (κ3) is 3.30. The summed E-state index contributed by atoms with van der Waals surface area (Å²) in [4.78, 5) is 0. The Kier molecular flexibility index (Phi) is 3.78. The molecule has 1 saturated carbocycles. The molecule has 0 bridgehead atoms. The van der Waals surface area contributed by atoms with Crippen molar-refractivity contribution >= 4 is 0 Å². The van der Waals surface area contributed by atoms with Gasteiger partial charge < -0.3 is 5.11 Å². The van der Waals surface area contributed by atoms with E-state index in [1.807, 2.05) is 6.92 Å². The van der Waals surface area contributed by atoms with Crippen LogP contribution >= 0.6 is 0 Å². The van der Waals surface area contributed by atoms with Crippen LogP contribution < -0.4 is 0 Å². The lowest BCUT2D eigenvalue weighted by molar-refractivity contribution is -0.0365. The fourth-order valence-corrected chi connectivity index (χ4v) is 2.38.